The summed E-state index contributed by atoms with van der Waals surface area (Å²) in [4.78, 5) is 37.6. The monoisotopic (exact) mass is 382 g/mol. The molecule has 2 aromatic rings. The first kappa shape index (κ1) is 18.0. The number of aromatic nitrogens is 3. The number of Topliss-reactive ketones (excluding diaryl/α,β-unsaturated/α-hetero) is 1. The Labute approximate surface area is 161 Å². The van der Waals surface area contributed by atoms with Crippen LogP contribution >= 0.6 is 11.8 Å². The lowest BCUT2D eigenvalue weighted by atomic mass is 9.72. The Morgan fingerprint density at radius 2 is 2.19 bits per heavy atom. The molecule has 2 aromatic heterocycles. The molecule has 1 aliphatic heterocycles. The second-order valence-electron chi connectivity index (χ2n) is 7.00. The van der Waals surface area contributed by atoms with Crippen LogP contribution in [0.5, 0.6) is 0 Å². The summed E-state index contributed by atoms with van der Waals surface area (Å²) in [6, 6.07) is 3.76. The van der Waals surface area contributed by atoms with E-state index in [1.54, 1.807) is 24.2 Å². The van der Waals surface area contributed by atoms with Crippen LogP contribution in [0.15, 0.2) is 46.3 Å². The maximum atomic E-state index is 13.0. The van der Waals surface area contributed by atoms with Gasteiger partial charge in [0.2, 0.25) is 0 Å². The maximum absolute atomic E-state index is 13.0. The molecule has 0 fully saturated rings. The fourth-order valence-electron chi connectivity index (χ4n) is 3.72. The molecule has 0 amide bonds. The molecule has 0 radical (unpaired) electrons. The summed E-state index contributed by atoms with van der Waals surface area (Å²) in [6.07, 6.45) is 7.68. The Kier molecular flexibility index (Phi) is 4.86. The minimum atomic E-state index is -0.383. The van der Waals surface area contributed by atoms with Gasteiger partial charge in [0.15, 0.2) is 5.16 Å². The molecule has 3 atom stereocenters. The lowest BCUT2D eigenvalue weighted by molar-refractivity contribution is -0.122. The van der Waals surface area contributed by atoms with Crippen LogP contribution in [0.25, 0.3) is 0 Å². The van der Waals surface area contributed by atoms with Crippen molar-refractivity contribution in [2.75, 3.05) is 5.32 Å². The van der Waals surface area contributed by atoms with E-state index in [0.717, 1.165) is 17.7 Å². The van der Waals surface area contributed by atoms with Gasteiger partial charge in [-0.3, -0.25) is 14.6 Å². The summed E-state index contributed by atoms with van der Waals surface area (Å²) < 4.78 is 0. The SMILES string of the molecule is CC[C@@H](C)Sc1nc2c(c(=O)[nH]1)[C@@H](c1cccnc1)[C@@H]1C(=O)CCC=C1N2. The van der Waals surface area contributed by atoms with Crippen molar-refractivity contribution in [2.24, 2.45) is 5.92 Å². The molecule has 27 heavy (non-hydrogen) atoms. The van der Waals surface area contributed by atoms with Crippen LogP contribution in [0.3, 0.4) is 0 Å². The van der Waals surface area contributed by atoms with Crippen LogP contribution < -0.4 is 10.9 Å². The zero-order valence-electron chi connectivity index (χ0n) is 15.4. The van der Waals surface area contributed by atoms with Gasteiger partial charge in [-0.1, -0.05) is 37.8 Å². The van der Waals surface area contributed by atoms with Gasteiger partial charge in [0.25, 0.3) is 5.56 Å². The lowest BCUT2D eigenvalue weighted by Crippen LogP contribution is -2.38. The van der Waals surface area contributed by atoms with Crippen LogP contribution in [0, 0.1) is 5.92 Å². The third-order valence-electron chi connectivity index (χ3n) is 5.21. The third-order valence-corrected chi connectivity index (χ3v) is 6.36. The topological polar surface area (TPSA) is 87.7 Å². The van der Waals surface area contributed by atoms with Crippen molar-refractivity contribution in [2.45, 2.75) is 49.4 Å². The largest absolute Gasteiger partial charge is 0.343 e. The fraction of sp³-hybridized carbons (Fsp3) is 0.400. The number of aromatic amines is 1. The molecule has 0 bridgehead atoms. The predicted molar refractivity (Wildman–Crippen MR) is 106 cm³/mol. The number of hydrogen-bond donors (Lipinski definition) is 2. The summed E-state index contributed by atoms with van der Waals surface area (Å²) >= 11 is 1.55. The van der Waals surface area contributed by atoms with Crippen LogP contribution in [0.1, 0.15) is 50.2 Å². The Hall–Kier alpha value is -2.41. The first-order valence-electron chi connectivity index (χ1n) is 9.29. The molecule has 7 heteroatoms. The number of fused-ring (bicyclic) bond motifs is 2. The molecule has 6 nitrogen and oxygen atoms in total. The van der Waals surface area contributed by atoms with E-state index in [4.69, 9.17) is 0 Å². The van der Waals surface area contributed by atoms with E-state index in [-0.39, 0.29) is 23.2 Å². The first-order valence-corrected chi connectivity index (χ1v) is 10.2. The number of ketones is 1. The number of nitrogens with one attached hydrogen (secondary N) is 2. The molecule has 2 N–H and O–H groups in total. The summed E-state index contributed by atoms with van der Waals surface area (Å²) in [5, 5.41) is 4.23. The number of allylic oxidation sites excluding steroid dienone is 2. The zero-order valence-corrected chi connectivity index (χ0v) is 16.2. The molecule has 0 saturated carbocycles. The van der Waals surface area contributed by atoms with Crippen LogP contribution in [0.2, 0.25) is 0 Å². The number of rotatable bonds is 4. The number of H-pyrrole nitrogens is 1. The zero-order chi connectivity index (χ0) is 19.0. The second-order valence-corrected chi connectivity index (χ2v) is 8.43. The average Bonchev–Trinajstić information content (AvgIpc) is 2.67. The Bertz CT molecular complexity index is 954. The first-order chi connectivity index (χ1) is 13.1. The number of anilines is 1. The summed E-state index contributed by atoms with van der Waals surface area (Å²) in [7, 11) is 0. The molecular weight excluding hydrogens is 360 g/mol. The Balaban J connectivity index is 1.88. The normalized spacial score (nSPS) is 22.3. The molecule has 0 unspecified atom stereocenters. The van der Waals surface area contributed by atoms with Gasteiger partial charge < -0.3 is 10.3 Å². The van der Waals surface area contributed by atoms with Gasteiger partial charge in [0.1, 0.15) is 11.6 Å². The van der Waals surface area contributed by atoms with Gasteiger partial charge in [0.05, 0.1) is 11.5 Å². The van der Waals surface area contributed by atoms with Crippen molar-refractivity contribution in [3.05, 3.63) is 57.8 Å². The second kappa shape index (κ2) is 7.31. The number of hydrogen-bond acceptors (Lipinski definition) is 6. The number of pyridine rings is 1. The van der Waals surface area contributed by atoms with E-state index in [9.17, 15) is 9.59 Å². The van der Waals surface area contributed by atoms with E-state index >= 15 is 0 Å². The van der Waals surface area contributed by atoms with E-state index in [0.29, 0.717) is 34.6 Å². The van der Waals surface area contributed by atoms with E-state index in [1.165, 1.54) is 0 Å². The highest BCUT2D eigenvalue weighted by Crippen LogP contribution is 2.44. The van der Waals surface area contributed by atoms with E-state index < -0.39 is 0 Å². The molecule has 2 aliphatic rings. The minimum absolute atomic E-state index is 0.150. The fourth-order valence-corrected chi connectivity index (χ4v) is 4.56. The average molecular weight is 382 g/mol. The maximum Gasteiger partial charge on any atom is 0.257 e. The van der Waals surface area contributed by atoms with Crippen molar-refractivity contribution in [3.63, 3.8) is 0 Å². The highest BCUT2D eigenvalue weighted by molar-refractivity contribution is 7.99. The third kappa shape index (κ3) is 3.32. The highest BCUT2D eigenvalue weighted by atomic mass is 32.2. The highest BCUT2D eigenvalue weighted by Gasteiger charge is 2.42. The van der Waals surface area contributed by atoms with Gasteiger partial charge in [0, 0.05) is 35.7 Å². The van der Waals surface area contributed by atoms with Gasteiger partial charge in [-0.25, -0.2) is 4.98 Å². The van der Waals surface area contributed by atoms with E-state index in [2.05, 4.69) is 40.2 Å². The molecule has 3 heterocycles. The summed E-state index contributed by atoms with van der Waals surface area (Å²) in [5.41, 5.74) is 2.05. The molecule has 1 aliphatic carbocycles. The standard InChI is InChI=1S/C20H22N4O2S/c1-3-11(2)27-20-23-18-17(19(26)24-20)15(12-6-5-9-21-10-12)16-13(22-18)7-4-8-14(16)25/h5-7,9-11,15-16H,3-4,8H2,1-2H3,(H2,22,23,24,26)/t11-,15+,16+/m1/s1. The van der Waals surface area contributed by atoms with Gasteiger partial charge in [-0.15, -0.1) is 0 Å². The summed E-state index contributed by atoms with van der Waals surface area (Å²) in [5.74, 6) is -0.0492. The quantitative estimate of drug-likeness (QED) is 0.622. The van der Waals surface area contributed by atoms with Crippen LogP contribution in [-0.4, -0.2) is 26.0 Å². The van der Waals surface area contributed by atoms with Crippen molar-refractivity contribution in [1.29, 1.82) is 0 Å². The van der Waals surface area contributed by atoms with E-state index in [1.807, 2.05) is 12.1 Å². The van der Waals surface area contributed by atoms with Gasteiger partial charge >= 0.3 is 0 Å². The molecule has 0 aromatic carbocycles. The van der Waals surface area contributed by atoms with Crippen molar-refractivity contribution in [3.8, 4) is 0 Å². The van der Waals surface area contributed by atoms with Crippen LogP contribution in [-0.2, 0) is 4.79 Å². The van der Waals surface area contributed by atoms with Crippen molar-refractivity contribution < 1.29 is 4.79 Å². The Morgan fingerprint density at radius 1 is 1.33 bits per heavy atom. The summed E-state index contributed by atoms with van der Waals surface area (Å²) in [6.45, 7) is 4.21. The number of thioether (sulfide) groups is 1. The lowest BCUT2D eigenvalue weighted by Gasteiger charge is -2.36. The molecule has 0 spiro atoms. The Morgan fingerprint density at radius 3 is 2.93 bits per heavy atom. The van der Waals surface area contributed by atoms with Crippen molar-refractivity contribution in [1.82, 2.24) is 15.0 Å². The molecule has 140 valence electrons. The number of carbonyl (C=O) groups is 1. The number of nitrogens with zero attached hydrogens (tertiary/aromatic N) is 2. The molecular formula is C20H22N4O2S. The van der Waals surface area contributed by atoms with Gasteiger partial charge in [-0.05, 0) is 24.5 Å². The smallest absolute Gasteiger partial charge is 0.257 e. The van der Waals surface area contributed by atoms with Crippen LogP contribution in [0.4, 0.5) is 5.82 Å². The predicted octanol–water partition coefficient (Wildman–Crippen LogP) is 3.48. The van der Waals surface area contributed by atoms with Gasteiger partial charge in [-0.2, -0.15) is 0 Å². The van der Waals surface area contributed by atoms with Crippen molar-refractivity contribution >= 4 is 23.4 Å². The molecule has 0 saturated heterocycles. The minimum Gasteiger partial charge on any atom is -0.343 e. The molecule has 4 rings (SSSR count). The number of carbonyl (C=O) groups excluding carboxylic acids is 1.